The van der Waals surface area contributed by atoms with Crippen LogP contribution in [0.15, 0.2) is 22.9 Å². The van der Waals surface area contributed by atoms with Gasteiger partial charge in [-0.3, -0.25) is 0 Å². The van der Waals surface area contributed by atoms with Crippen LogP contribution in [0.25, 0.3) is 11.5 Å². The van der Waals surface area contributed by atoms with E-state index in [0.717, 1.165) is 12.0 Å². The van der Waals surface area contributed by atoms with Gasteiger partial charge in [-0.05, 0) is 36.8 Å². The molecule has 7 heteroatoms. The fraction of sp³-hybridized carbons (Fsp3) is 0.609. The van der Waals surface area contributed by atoms with Crippen molar-refractivity contribution in [1.82, 2.24) is 15.5 Å². The zero-order chi connectivity index (χ0) is 21.6. The highest BCUT2D eigenvalue weighted by Gasteiger charge is 2.46. The fourth-order valence-corrected chi connectivity index (χ4v) is 3.63. The van der Waals surface area contributed by atoms with Crippen LogP contribution in [-0.4, -0.2) is 27.9 Å². The van der Waals surface area contributed by atoms with E-state index in [1.165, 1.54) is 50.8 Å². The molecule has 2 aliphatic carbocycles. The number of nitrogens with one attached hydrogen (secondary N) is 1. The largest absolute Gasteiger partial charge is 0.506 e. The van der Waals surface area contributed by atoms with Crippen molar-refractivity contribution in [3.05, 3.63) is 29.6 Å². The van der Waals surface area contributed by atoms with Crippen molar-refractivity contribution in [1.29, 1.82) is 0 Å². The first-order chi connectivity index (χ1) is 14.4. The number of pyridine rings is 1. The van der Waals surface area contributed by atoms with E-state index in [1.807, 2.05) is 0 Å². The summed E-state index contributed by atoms with van der Waals surface area (Å²) in [4.78, 5) is 16.0. The Kier molecular flexibility index (Phi) is 7.34. The molecule has 1 amide bonds. The molecule has 0 saturated heterocycles. The monoisotopic (exact) mass is 415 g/mol. The zero-order valence-corrected chi connectivity index (χ0v) is 18.2. The molecule has 2 aliphatic rings. The average molecular weight is 416 g/mol. The van der Waals surface area contributed by atoms with Crippen LogP contribution in [0.2, 0.25) is 0 Å². The summed E-state index contributed by atoms with van der Waals surface area (Å²) in [6.45, 7) is 6.79. The molecular weight excluding hydrogens is 382 g/mol. The molecule has 164 valence electrons. The smallest absolute Gasteiger partial charge is 0.407 e. The molecule has 0 aliphatic heterocycles. The van der Waals surface area contributed by atoms with Crippen LogP contribution in [0.4, 0.5) is 4.79 Å². The second kappa shape index (κ2) is 9.96. The van der Waals surface area contributed by atoms with Gasteiger partial charge in [0.1, 0.15) is 11.4 Å². The first kappa shape index (κ1) is 22.1. The van der Waals surface area contributed by atoms with Gasteiger partial charge in [-0.1, -0.05) is 57.5 Å². The molecule has 0 radical (unpaired) electrons. The van der Waals surface area contributed by atoms with Crippen molar-refractivity contribution in [3.8, 4) is 17.2 Å². The number of amides is 1. The van der Waals surface area contributed by atoms with Crippen LogP contribution in [-0.2, 0) is 11.3 Å². The highest BCUT2D eigenvalue weighted by atomic mass is 16.5. The number of aryl methyl sites for hydroxylation is 1. The third kappa shape index (κ3) is 6.21. The van der Waals surface area contributed by atoms with Crippen LogP contribution >= 0.6 is 0 Å². The Balaban J connectivity index is 0.000000367. The van der Waals surface area contributed by atoms with Gasteiger partial charge in [0, 0.05) is 5.56 Å². The Hall–Kier alpha value is -2.57. The summed E-state index contributed by atoms with van der Waals surface area (Å²) >= 11 is 0. The zero-order valence-electron chi connectivity index (χ0n) is 18.2. The molecule has 1 unspecified atom stereocenters. The molecule has 0 bridgehead atoms. The van der Waals surface area contributed by atoms with Gasteiger partial charge in [-0.15, -0.1) is 0 Å². The maximum atomic E-state index is 11.9. The minimum Gasteiger partial charge on any atom is -0.506 e. The minimum absolute atomic E-state index is 0.0706. The summed E-state index contributed by atoms with van der Waals surface area (Å²) in [6, 6.07) is 3.15. The van der Waals surface area contributed by atoms with E-state index < -0.39 is 6.09 Å². The number of nitrogens with zero attached hydrogens (tertiary/aromatic N) is 2. The Morgan fingerprint density at radius 3 is 2.40 bits per heavy atom. The molecule has 7 nitrogen and oxygen atoms in total. The Labute approximate surface area is 178 Å². The number of aromatic hydroxyl groups is 1. The second-order valence-electron chi connectivity index (χ2n) is 8.94. The van der Waals surface area contributed by atoms with Gasteiger partial charge in [0.15, 0.2) is 5.76 Å². The molecule has 2 fully saturated rings. The maximum absolute atomic E-state index is 11.9. The number of carbonyl (C=O) groups excluding carboxylic acids is 1. The van der Waals surface area contributed by atoms with Gasteiger partial charge in [-0.2, -0.15) is 0 Å². The lowest BCUT2D eigenvalue weighted by atomic mass is 10.0. The van der Waals surface area contributed by atoms with Crippen molar-refractivity contribution in [3.63, 3.8) is 0 Å². The highest BCUT2D eigenvalue weighted by Crippen LogP contribution is 2.51. The first-order valence-electron chi connectivity index (χ1n) is 10.9. The number of alkyl carbamates (subject to hydrolysis) is 1. The lowest BCUT2D eigenvalue weighted by molar-refractivity contribution is 0.136. The van der Waals surface area contributed by atoms with E-state index in [-0.39, 0.29) is 17.7 Å². The van der Waals surface area contributed by atoms with Gasteiger partial charge in [0.05, 0.1) is 25.0 Å². The molecule has 2 heterocycles. The molecule has 0 aromatic carbocycles. The molecule has 1 atom stereocenters. The third-order valence-corrected chi connectivity index (χ3v) is 6.01. The summed E-state index contributed by atoms with van der Waals surface area (Å²) in [5.41, 5.74) is 2.22. The standard InChI is InChI=1S/C17H21N3O4.C6H12/c1-10-13(8-19-16(22)23-9-11-6-17(11,2)3)15(24-20-10)14-5-4-12(21)7-18-14;1-2-4-6-5-3-1/h4-5,7,11,21H,6,8-9H2,1-3H3,(H,19,22);1-6H2. The molecule has 4 rings (SSSR count). The van der Waals surface area contributed by atoms with E-state index in [2.05, 4.69) is 29.3 Å². The number of hydrogen-bond acceptors (Lipinski definition) is 6. The normalized spacial score (nSPS) is 19.4. The number of rotatable bonds is 5. The SMILES string of the molecule is C1CCCCC1.Cc1noc(-c2ccc(O)cn2)c1CNC(=O)OCC1CC1(C)C. The van der Waals surface area contributed by atoms with Gasteiger partial charge in [0.25, 0.3) is 0 Å². The number of ether oxygens (including phenoxy) is 1. The van der Waals surface area contributed by atoms with E-state index in [9.17, 15) is 9.90 Å². The molecule has 30 heavy (non-hydrogen) atoms. The fourth-order valence-electron chi connectivity index (χ4n) is 3.63. The van der Waals surface area contributed by atoms with E-state index >= 15 is 0 Å². The Morgan fingerprint density at radius 2 is 1.87 bits per heavy atom. The van der Waals surface area contributed by atoms with Crippen molar-refractivity contribution in [2.24, 2.45) is 11.3 Å². The van der Waals surface area contributed by atoms with Crippen LogP contribution in [0.3, 0.4) is 0 Å². The lowest BCUT2D eigenvalue weighted by Crippen LogP contribution is -2.25. The van der Waals surface area contributed by atoms with Crippen LogP contribution < -0.4 is 5.32 Å². The summed E-state index contributed by atoms with van der Waals surface area (Å²) in [7, 11) is 0. The van der Waals surface area contributed by atoms with Crippen molar-refractivity contribution >= 4 is 6.09 Å². The Bertz CT molecular complexity index is 814. The van der Waals surface area contributed by atoms with Gasteiger partial charge >= 0.3 is 6.09 Å². The lowest BCUT2D eigenvalue weighted by Gasteiger charge is -2.08. The second-order valence-corrected chi connectivity index (χ2v) is 8.94. The number of carbonyl (C=O) groups is 1. The summed E-state index contributed by atoms with van der Waals surface area (Å²) in [5.74, 6) is 0.981. The van der Waals surface area contributed by atoms with Crippen LogP contribution in [0, 0.1) is 18.3 Å². The predicted octanol–water partition coefficient (Wildman–Crippen LogP) is 5.36. The Morgan fingerprint density at radius 1 is 1.23 bits per heavy atom. The van der Waals surface area contributed by atoms with E-state index in [4.69, 9.17) is 9.26 Å². The minimum atomic E-state index is -0.456. The molecule has 2 aromatic heterocycles. The molecule has 2 N–H and O–H groups in total. The molecule has 2 saturated carbocycles. The summed E-state index contributed by atoms with van der Waals surface area (Å²) in [6.07, 6.45) is 11.0. The van der Waals surface area contributed by atoms with Crippen LogP contribution in [0.5, 0.6) is 5.75 Å². The van der Waals surface area contributed by atoms with Crippen LogP contribution in [0.1, 0.15) is 70.1 Å². The van der Waals surface area contributed by atoms with Gasteiger partial charge in [-0.25, -0.2) is 9.78 Å². The van der Waals surface area contributed by atoms with Crippen molar-refractivity contribution in [2.45, 2.75) is 72.3 Å². The molecular formula is C23H33N3O4. The quantitative estimate of drug-likeness (QED) is 0.682. The number of aromatic nitrogens is 2. The maximum Gasteiger partial charge on any atom is 0.407 e. The van der Waals surface area contributed by atoms with E-state index in [0.29, 0.717) is 29.7 Å². The highest BCUT2D eigenvalue weighted by molar-refractivity contribution is 5.68. The molecule has 0 spiro atoms. The topological polar surface area (TPSA) is 97.5 Å². The predicted molar refractivity (Wildman–Crippen MR) is 114 cm³/mol. The van der Waals surface area contributed by atoms with Crippen molar-refractivity contribution < 1.29 is 19.2 Å². The van der Waals surface area contributed by atoms with Crippen molar-refractivity contribution in [2.75, 3.05) is 6.61 Å². The number of hydrogen-bond donors (Lipinski definition) is 2. The summed E-state index contributed by atoms with van der Waals surface area (Å²) in [5, 5.41) is 16.0. The van der Waals surface area contributed by atoms with Gasteiger partial charge < -0.3 is 19.7 Å². The first-order valence-corrected chi connectivity index (χ1v) is 10.9. The van der Waals surface area contributed by atoms with E-state index in [1.54, 1.807) is 13.0 Å². The van der Waals surface area contributed by atoms with Gasteiger partial charge in [0.2, 0.25) is 0 Å². The average Bonchev–Trinajstić information content (AvgIpc) is 3.20. The molecule has 2 aromatic rings. The third-order valence-electron chi connectivity index (χ3n) is 6.01. The summed E-state index contributed by atoms with van der Waals surface area (Å²) < 4.78 is 10.6.